The van der Waals surface area contributed by atoms with Crippen LogP contribution in [0.15, 0.2) is 36.5 Å². The fourth-order valence-electron chi connectivity index (χ4n) is 5.33. The van der Waals surface area contributed by atoms with E-state index < -0.39 is 35.4 Å². The van der Waals surface area contributed by atoms with Gasteiger partial charge in [-0.15, -0.1) is 0 Å². The number of ether oxygens (including phenoxy) is 2. The largest absolute Gasteiger partial charge is 0.496 e. The van der Waals surface area contributed by atoms with Crippen molar-refractivity contribution in [3.05, 3.63) is 42.1 Å². The molecular weight excluding hydrogens is 412 g/mol. The van der Waals surface area contributed by atoms with Crippen LogP contribution >= 0.6 is 0 Å². The number of rotatable bonds is 2. The average Bonchev–Trinajstić information content (AvgIpc) is 2.76. The first-order valence-electron chi connectivity index (χ1n) is 10.6. The molecule has 0 saturated carbocycles. The fraction of sp³-hybridized carbons (Fsp3) is 0.391. The molecule has 0 bridgehead atoms. The fourth-order valence-corrected chi connectivity index (χ4v) is 5.33. The molecule has 9 nitrogen and oxygen atoms in total. The van der Waals surface area contributed by atoms with E-state index in [0.717, 1.165) is 22.5 Å². The maximum Gasteiger partial charge on any atom is 0.328 e. The van der Waals surface area contributed by atoms with Crippen LogP contribution in [0.4, 0.5) is 10.6 Å². The SMILES string of the molecule is COc1ccccc1-c1cnc2c(c1)CC1(C(=O)NC(=O)NC1=O)[C@@H]1[C@@H](C)O[C@H](C)CN21. The maximum absolute atomic E-state index is 13.2. The summed E-state index contributed by atoms with van der Waals surface area (Å²) in [5.41, 5.74) is 0.919. The van der Waals surface area contributed by atoms with Gasteiger partial charge in [-0.05, 0) is 31.5 Å². The van der Waals surface area contributed by atoms with Gasteiger partial charge in [0.1, 0.15) is 11.6 Å². The molecule has 0 unspecified atom stereocenters. The lowest BCUT2D eigenvalue weighted by atomic mass is 9.67. The summed E-state index contributed by atoms with van der Waals surface area (Å²) >= 11 is 0. The van der Waals surface area contributed by atoms with Crippen LogP contribution in [0.25, 0.3) is 11.1 Å². The molecule has 3 aliphatic rings. The molecule has 0 aliphatic carbocycles. The predicted molar refractivity (Wildman–Crippen MR) is 115 cm³/mol. The van der Waals surface area contributed by atoms with Gasteiger partial charge in [0.15, 0.2) is 5.41 Å². The number of para-hydroxylation sites is 1. The maximum atomic E-state index is 13.2. The molecule has 0 radical (unpaired) electrons. The zero-order chi connectivity index (χ0) is 22.6. The Morgan fingerprint density at radius 3 is 2.59 bits per heavy atom. The first-order chi connectivity index (χ1) is 15.3. The molecule has 2 aromatic rings. The summed E-state index contributed by atoms with van der Waals surface area (Å²) in [6, 6.07) is 8.14. The van der Waals surface area contributed by atoms with E-state index in [0.29, 0.717) is 12.3 Å². The number of benzene rings is 1. The molecule has 3 aliphatic heterocycles. The Hall–Kier alpha value is -3.46. The number of nitrogens with zero attached hydrogens (tertiary/aromatic N) is 2. The summed E-state index contributed by atoms with van der Waals surface area (Å²) in [6.07, 6.45) is 1.34. The van der Waals surface area contributed by atoms with E-state index in [2.05, 4.69) is 10.6 Å². The van der Waals surface area contributed by atoms with Crippen LogP contribution in [0.1, 0.15) is 19.4 Å². The molecule has 9 heteroatoms. The zero-order valence-corrected chi connectivity index (χ0v) is 18.0. The third-order valence-corrected chi connectivity index (χ3v) is 6.55. The quantitative estimate of drug-likeness (QED) is 0.689. The third kappa shape index (κ3) is 2.88. The Bertz CT molecular complexity index is 1110. The number of fused-ring (bicyclic) bond motifs is 4. The topological polar surface area (TPSA) is 110 Å². The van der Waals surface area contributed by atoms with E-state index in [1.807, 2.05) is 49.1 Å². The van der Waals surface area contributed by atoms with Crippen molar-refractivity contribution in [2.75, 3.05) is 18.6 Å². The standard InChI is InChI=1S/C23H24N4O5/c1-12-11-27-18(13(2)32-12)23(20(28)25-22(30)26-21(23)29)9-14-8-15(10-24-19(14)27)16-6-4-5-7-17(16)31-3/h4-8,10,12-13,18H,9,11H2,1-3H3,(H2,25,26,28,29,30)/t12-,13-,18+/m1/s1. The van der Waals surface area contributed by atoms with Crippen molar-refractivity contribution in [3.8, 4) is 16.9 Å². The third-order valence-electron chi connectivity index (χ3n) is 6.55. The number of carbonyl (C=O) groups excluding carboxylic acids is 3. The number of methoxy groups -OCH3 is 1. The number of amides is 4. The van der Waals surface area contributed by atoms with Crippen molar-refractivity contribution in [1.82, 2.24) is 15.6 Å². The second kappa shape index (κ2) is 7.30. The number of pyridine rings is 1. The van der Waals surface area contributed by atoms with E-state index in [1.165, 1.54) is 0 Å². The minimum absolute atomic E-state index is 0.104. The van der Waals surface area contributed by atoms with E-state index in [-0.39, 0.29) is 12.5 Å². The summed E-state index contributed by atoms with van der Waals surface area (Å²) in [7, 11) is 1.61. The Kier molecular flexibility index (Phi) is 4.67. The van der Waals surface area contributed by atoms with Crippen molar-refractivity contribution in [3.63, 3.8) is 0 Å². The van der Waals surface area contributed by atoms with Gasteiger partial charge in [-0.3, -0.25) is 20.2 Å². The van der Waals surface area contributed by atoms with Gasteiger partial charge in [0.05, 0.1) is 25.4 Å². The van der Waals surface area contributed by atoms with Crippen molar-refractivity contribution >= 4 is 23.7 Å². The Morgan fingerprint density at radius 1 is 1.16 bits per heavy atom. The van der Waals surface area contributed by atoms with Crippen LogP contribution in [0, 0.1) is 5.41 Å². The summed E-state index contributed by atoms with van der Waals surface area (Å²) in [5, 5.41) is 4.60. The number of hydrogen-bond acceptors (Lipinski definition) is 7. The highest BCUT2D eigenvalue weighted by Crippen LogP contribution is 2.46. The van der Waals surface area contributed by atoms with Crippen LogP contribution in [0.5, 0.6) is 5.75 Å². The lowest BCUT2D eigenvalue weighted by Gasteiger charge is -2.54. The van der Waals surface area contributed by atoms with Crippen molar-refractivity contribution in [1.29, 1.82) is 0 Å². The van der Waals surface area contributed by atoms with Gasteiger partial charge in [0.2, 0.25) is 11.8 Å². The van der Waals surface area contributed by atoms with Gasteiger partial charge in [-0.25, -0.2) is 9.78 Å². The molecule has 5 rings (SSSR count). The van der Waals surface area contributed by atoms with Gasteiger partial charge in [-0.2, -0.15) is 0 Å². The molecule has 2 N–H and O–H groups in total. The van der Waals surface area contributed by atoms with Gasteiger partial charge >= 0.3 is 6.03 Å². The first kappa shape index (κ1) is 20.4. The normalized spacial score (nSPS) is 26.2. The zero-order valence-electron chi connectivity index (χ0n) is 18.0. The number of anilines is 1. The molecule has 3 atom stereocenters. The molecule has 1 spiro atoms. The van der Waals surface area contributed by atoms with Crippen LogP contribution in [-0.4, -0.2) is 54.7 Å². The molecule has 1 aromatic heterocycles. The molecular formula is C23H24N4O5. The van der Waals surface area contributed by atoms with E-state index in [4.69, 9.17) is 14.5 Å². The second-order valence-corrected chi connectivity index (χ2v) is 8.54. The number of aromatic nitrogens is 1. The number of carbonyl (C=O) groups is 3. The predicted octanol–water partition coefficient (Wildman–Crippen LogP) is 1.65. The Morgan fingerprint density at radius 2 is 1.88 bits per heavy atom. The number of morpholine rings is 1. The minimum atomic E-state index is -1.51. The molecule has 32 heavy (non-hydrogen) atoms. The van der Waals surface area contributed by atoms with Gasteiger partial charge < -0.3 is 14.4 Å². The smallest absolute Gasteiger partial charge is 0.328 e. The summed E-state index contributed by atoms with van der Waals surface area (Å²) < 4.78 is 11.5. The first-order valence-corrected chi connectivity index (χ1v) is 10.6. The number of nitrogens with one attached hydrogen (secondary N) is 2. The van der Waals surface area contributed by atoms with Crippen molar-refractivity contribution in [2.45, 2.75) is 38.5 Å². The molecule has 2 fully saturated rings. The van der Waals surface area contributed by atoms with Crippen LogP contribution < -0.4 is 20.3 Å². The summed E-state index contributed by atoms with van der Waals surface area (Å²) in [5.74, 6) is 0.197. The second-order valence-electron chi connectivity index (χ2n) is 8.54. The number of hydrogen-bond donors (Lipinski definition) is 2. The van der Waals surface area contributed by atoms with Crippen LogP contribution in [0.3, 0.4) is 0 Å². The molecule has 166 valence electrons. The Balaban J connectivity index is 1.68. The monoisotopic (exact) mass is 436 g/mol. The molecule has 4 heterocycles. The number of barbiturate groups is 1. The Labute approximate surface area is 185 Å². The minimum Gasteiger partial charge on any atom is -0.496 e. The highest BCUT2D eigenvalue weighted by atomic mass is 16.5. The highest BCUT2D eigenvalue weighted by molar-refractivity contribution is 6.20. The van der Waals surface area contributed by atoms with Gasteiger partial charge in [0.25, 0.3) is 0 Å². The van der Waals surface area contributed by atoms with Gasteiger partial charge in [-0.1, -0.05) is 18.2 Å². The van der Waals surface area contributed by atoms with Crippen molar-refractivity contribution in [2.24, 2.45) is 5.41 Å². The molecule has 1 aromatic carbocycles. The van der Waals surface area contributed by atoms with Crippen molar-refractivity contribution < 1.29 is 23.9 Å². The highest BCUT2D eigenvalue weighted by Gasteiger charge is 2.63. The average molecular weight is 436 g/mol. The lowest BCUT2D eigenvalue weighted by Crippen LogP contribution is -2.75. The number of urea groups is 1. The van der Waals surface area contributed by atoms with E-state index in [1.54, 1.807) is 13.3 Å². The van der Waals surface area contributed by atoms with Crippen LogP contribution in [-0.2, 0) is 20.7 Å². The molecule has 2 saturated heterocycles. The number of imide groups is 2. The van der Waals surface area contributed by atoms with Crippen LogP contribution in [0.2, 0.25) is 0 Å². The van der Waals surface area contributed by atoms with Gasteiger partial charge in [0, 0.05) is 30.3 Å². The lowest BCUT2D eigenvalue weighted by molar-refractivity contribution is -0.153. The van der Waals surface area contributed by atoms with E-state index in [9.17, 15) is 14.4 Å². The molecule has 4 amide bonds. The summed E-state index contributed by atoms with van der Waals surface area (Å²) in [6.45, 7) is 4.26. The van der Waals surface area contributed by atoms with E-state index >= 15 is 0 Å². The summed E-state index contributed by atoms with van der Waals surface area (Å²) in [4.78, 5) is 45.0.